The van der Waals surface area contributed by atoms with Crippen LogP contribution in [0.25, 0.3) is 0 Å². The highest BCUT2D eigenvalue weighted by Crippen LogP contribution is 2.09. The third-order valence-electron chi connectivity index (χ3n) is 2.85. The molecule has 1 heterocycles. The molecule has 1 aromatic carbocycles. The Morgan fingerprint density at radius 2 is 2.00 bits per heavy atom. The lowest BCUT2D eigenvalue weighted by Gasteiger charge is -1.98. The van der Waals surface area contributed by atoms with Crippen molar-refractivity contribution in [3.63, 3.8) is 0 Å². The third-order valence-corrected chi connectivity index (χ3v) is 2.85. The van der Waals surface area contributed by atoms with Crippen molar-refractivity contribution in [3.05, 3.63) is 53.1 Å². The van der Waals surface area contributed by atoms with Crippen LogP contribution in [0.2, 0.25) is 0 Å². The summed E-state index contributed by atoms with van der Waals surface area (Å²) in [7, 11) is 0. The lowest BCUT2D eigenvalue weighted by molar-refractivity contribution is -0.136. The predicted molar refractivity (Wildman–Crippen MR) is 68.5 cm³/mol. The molecule has 18 heavy (non-hydrogen) atoms. The number of hydrogen-bond donors (Lipinski definition) is 2. The van der Waals surface area contributed by atoms with E-state index in [1.165, 1.54) is 5.56 Å². The second kappa shape index (κ2) is 5.49. The zero-order valence-corrected chi connectivity index (χ0v) is 10.3. The van der Waals surface area contributed by atoms with Crippen molar-refractivity contribution >= 4 is 5.97 Å². The molecule has 0 saturated carbocycles. The summed E-state index contributed by atoms with van der Waals surface area (Å²) in [5.41, 5.74) is 2.73. The minimum Gasteiger partial charge on any atom is -0.481 e. The summed E-state index contributed by atoms with van der Waals surface area (Å²) in [6, 6.07) is 10.2. The molecule has 0 atom stereocenters. The normalized spacial score (nSPS) is 10.5. The predicted octanol–water partition coefficient (Wildman–Crippen LogP) is 2.13. The monoisotopic (exact) mass is 244 g/mol. The van der Waals surface area contributed by atoms with Crippen molar-refractivity contribution in [2.24, 2.45) is 0 Å². The fraction of sp³-hybridized carbons (Fsp3) is 0.286. The molecule has 0 unspecified atom stereocenters. The van der Waals surface area contributed by atoms with Crippen LogP contribution in [0.15, 0.2) is 30.3 Å². The number of hydrogen-bond acceptors (Lipinski definition) is 2. The van der Waals surface area contributed by atoms with E-state index in [9.17, 15) is 4.79 Å². The van der Waals surface area contributed by atoms with E-state index in [0.29, 0.717) is 5.69 Å². The number of benzene rings is 1. The van der Waals surface area contributed by atoms with Gasteiger partial charge in [0, 0.05) is 12.1 Å². The van der Waals surface area contributed by atoms with E-state index in [2.05, 4.69) is 22.1 Å². The van der Waals surface area contributed by atoms with Crippen molar-refractivity contribution in [1.29, 1.82) is 0 Å². The number of imidazole rings is 1. The van der Waals surface area contributed by atoms with Gasteiger partial charge in [-0.2, -0.15) is 0 Å². The molecule has 0 fully saturated rings. The number of carbonyl (C=O) groups is 1. The highest BCUT2D eigenvalue weighted by atomic mass is 16.4. The summed E-state index contributed by atoms with van der Waals surface area (Å²) in [5.74, 6) is 0.00631. The first-order valence-electron chi connectivity index (χ1n) is 5.95. The van der Waals surface area contributed by atoms with E-state index >= 15 is 0 Å². The van der Waals surface area contributed by atoms with Gasteiger partial charge >= 0.3 is 5.97 Å². The van der Waals surface area contributed by atoms with E-state index < -0.39 is 5.97 Å². The Kier molecular flexibility index (Phi) is 3.77. The maximum Gasteiger partial charge on any atom is 0.309 e. The molecule has 0 saturated heterocycles. The SMILES string of the molecule is Cc1[nH]c(CCc2ccccc2)nc1CC(=O)O. The number of aromatic amines is 1. The lowest BCUT2D eigenvalue weighted by Crippen LogP contribution is -2.02. The minimum absolute atomic E-state index is 0.0202. The maximum atomic E-state index is 10.7. The van der Waals surface area contributed by atoms with Gasteiger partial charge in [-0.15, -0.1) is 0 Å². The van der Waals surface area contributed by atoms with Crippen molar-refractivity contribution in [2.75, 3.05) is 0 Å². The highest BCUT2D eigenvalue weighted by molar-refractivity contribution is 5.69. The fourth-order valence-electron chi connectivity index (χ4n) is 1.90. The Hall–Kier alpha value is -2.10. The zero-order chi connectivity index (χ0) is 13.0. The summed E-state index contributed by atoms with van der Waals surface area (Å²) >= 11 is 0. The van der Waals surface area contributed by atoms with Crippen LogP contribution in [0.4, 0.5) is 0 Å². The molecule has 4 nitrogen and oxygen atoms in total. The molecule has 4 heteroatoms. The Bertz CT molecular complexity index is 532. The minimum atomic E-state index is -0.848. The van der Waals surface area contributed by atoms with Crippen LogP contribution >= 0.6 is 0 Å². The molecular weight excluding hydrogens is 228 g/mol. The first-order chi connectivity index (χ1) is 8.65. The van der Waals surface area contributed by atoms with E-state index in [0.717, 1.165) is 24.4 Å². The van der Waals surface area contributed by atoms with Gasteiger partial charge in [-0.05, 0) is 18.9 Å². The Morgan fingerprint density at radius 3 is 2.67 bits per heavy atom. The van der Waals surface area contributed by atoms with Crippen molar-refractivity contribution < 1.29 is 9.90 Å². The van der Waals surface area contributed by atoms with E-state index in [4.69, 9.17) is 5.11 Å². The van der Waals surface area contributed by atoms with Gasteiger partial charge in [0.15, 0.2) is 0 Å². The van der Waals surface area contributed by atoms with E-state index in [1.807, 2.05) is 25.1 Å². The molecule has 94 valence electrons. The van der Waals surface area contributed by atoms with Gasteiger partial charge in [-0.1, -0.05) is 30.3 Å². The van der Waals surface area contributed by atoms with Gasteiger partial charge in [0.1, 0.15) is 5.82 Å². The molecule has 0 aliphatic carbocycles. The van der Waals surface area contributed by atoms with Crippen LogP contribution in [0.5, 0.6) is 0 Å². The standard InChI is InChI=1S/C14H16N2O2/c1-10-12(9-14(17)18)16-13(15-10)8-7-11-5-3-2-4-6-11/h2-6H,7-9H2,1H3,(H,15,16)(H,17,18). The number of carboxylic acid groups (broad SMARTS) is 1. The van der Waals surface area contributed by atoms with Crippen LogP contribution in [-0.4, -0.2) is 21.0 Å². The van der Waals surface area contributed by atoms with Crippen LogP contribution in [0.1, 0.15) is 22.8 Å². The molecule has 0 aliphatic heterocycles. The first kappa shape index (κ1) is 12.4. The van der Waals surface area contributed by atoms with Crippen molar-refractivity contribution in [1.82, 2.24) is 9.97 Å². The number of nitrogens with one attached hydrogen (secondary N) is 1. The third kappa shape index (κ3) is 3.20. The summed E-state index contributed by atoms with van der Waals surface area (Å²) in [4.78, 5) is 18.1. The lowest BCUT2D eigenvalue weighted by atomic mass is 10.1. The quantitative estimate of drug-likeness (QED) is 0.846. The van der Waals surface area contributed by atoms with E-state index in [1.54, 1.807) is 0 Å². The molecule has 0 amide bonds. The molecule has 2 rings (SSSR count). The number of aliphatic carboxylic acids is 1. The number of H-pyrrole nitrogens is 1. The largest absolute Gasteiger partial charge is 0.481 e. The smallest absolute Gasteiger partial charge is 0.309 e. The topological polar surface area (TPSA) is 66.0 Å². The Balaban J connectivity index is 2.00. The molecule has 1 aromatic heterocycles. The second-order valence-electron chi connectivity index (χ2n) is 4.31. The molecule has 0 aliphatic rings. The van der Waals surface area contributed by atoms with Crippen LogP contribution in [0.3, 0.4) is 0 Å². The fourth-order valence-corrected chi connectivity index (χ4v) is 1.90. The molecule has 0 bridgehead atoms. The average Bonchev–Trinajstić information content (AvgIpc) is 2.68. The van der Waals surface area contributed by atoms with Gasteiger partial charge < -0.3 is 10.1 Å². The van der Waals surface area contributed by atoms with Crippen molar-refractivity contribution in [2.45, 2.75) is 26.2 Å². The Labute approximate surface area is 106 Å². The summed E-state index contributed by atoms with van der Waals surface area (Å²) in [5, 5.41) is 8.75. The van der Waals surface area contributed by atoms with Crippen LogP contribution < -0.4 is 0 Å². The molecule has 0 spiro atoms. The molecule has 0 radical (unpaired) electrons. The number of nitrogens with zero attached hydrogens (tertiary/aromatic N) is 1. The number of rotatable bonds is 5. The van der Waals surface area contributed by atoms with Gasteiger partial charge in [0.2, 0.25) is 0 Å². The van der Waals surface area contributed by atoms with Crippen LogP contribution in [-0.2, 0) is 24.1 Å². The van der Waals surface area contributed by atoms with Gasteiger partial charge in [0.05, 0.1) is 12.1 Å². The summed E-state index contributed by atoms with van der Waals surface area (Å²) in [6.45, 7) is 1.86. The second-order valence-corrected chi connectivity index (χ2v) is 4.31. The van der Waals surface area contributed by atoms with Gasteiger partial charge in [0.25, 0.3) is 0 Å². The molecule has 2 aromatic rings. The maximum absolute atomic E-state index is 10.7. The van der Waals surface area contributed by atoms with Crippen molar-refractivity contribution in [3.8, 4) is 0 Å². The van der Waals surface area contributed by atoms with Crippen LogP contribution in [0, 0.1) is 6.92 Å². The summed E-state index contributed by atoms with van der Waals surface area (Å²) in [6.07, 6.45) is 1.68. The summed E-state index contributed by atoms with van der Waals surface area (Å²) < 4.78 is 0. The Morgan fingerprint density at radius 1 is 1.28 bits per heavy atom. The molecular formula is C14H16N2O2. The number of aromatic nitrogens is 2. The zero-order valence-electron chi connectivity index (χ0n) is 10.3. The highest BCUT2D eigenvalue weighted by Gasteiger charge is 2.10. The number of carboxylic acids is 1. The molecule has 2 N–H and O–H groups in total. The van der Waals surface area contributed by atoms with E-state index in [-0.39, 0.29) is 6.42 Å². The number of aryl methyl sites for hydroxylation is 3. The van der Waals surface area contributed by atoms with Gasteiger partial charge in [-0.3, -0.25) is 4.79 Å². The van der Waals surface area contributed by atoms with Gasteiger partial charge in [-0.25, -0.2) is 4.98 Å². The average molecular weight is 244 g/mol. The first-order valence-corrected chi connectivity index (χ1v) is 5.95.